The van der Waals surface area contributed by atoms with Gasteiger partial charge in [-0.1, -0.05) is 72.3 Å². The highest BCUT2D eigenvalue weighted by Crippen LogP contribution is 2.47. The number of nitrogens with one attached hydrogen (secondary N) is 1. The Hall–Kier alpha value is -5.04. The summed E-state index contributed by atoms with van der Waals surface area (Å²) in [5.41, 5.74) is 8.12. The fourth-order valence-electron chi connectivity index (χ4n) is 5.65. The number of nitrogens with zero attached hydrogens (tertiary/aromatic N) is 2. The molecule has 0 radical (unpaired) electrons. The summed E-state index contributed by atoms with van der Waals surface area (Å²) in [6.45, 7) is 6.69. The maximum absolute atomic E-state index is 13.9. The summed E-state index contributed by atoms with van der Waals surface area (Å²) >= 11 is 0. The van der Waals surface area contributed by atoms with Crippen molar-refractivity contribution in [3.05, 3.63) is 130 Å². The minimum Gasteiger partial charge on any atom is -0.507 e. The van der Waals surface area contributed by atoms with Gasteiger partial charge < -0.3 is 19.5 Å². The topological polar surface area (TPSA) is 87.7 Å². The van der Waals surface area contributed by atoms with E-state index in [9.17, 15) is 9.90 Å². The van der Waals surface area contributed by atoms with E-state index in [4.69, 9.17) is 9.47 Å². The number of benzene rings is 4. The molecule has 0 aliphatic carbocycles. The van der Waals surface area contributed by atoms with Crippen molar-refractivity contribution in [2.45, 2.75) is 40.0 Å². The molecular weight excluding hydrogens is 526 g/mol. The second-order valence-electron chi connectivity index (χ2n) is 10.8. The SMILES string of the molecule is COc1cc(C2c3c(-c4cc(C)cc(C)c4O)n[nH]c3C(=O)N2Cc2ccc(C)cc2)ccc1OCc1ccccc1. The molecule has 212 valence electrons. The highest BCUT2D eigenvalue weighted by Gasteiger charge is 2.43. The maximum atomic E-state index is 13.9. The van der Waals surface area contributed by atoms with Gasteiger partial charge in [0.1, 0.15) is 23.7 Å². The van der Waals surface area contributed by atoms with E-state index in [-0.39, 0.29) is 11.7 Å². The van der Waals surface area contributed by atoms with E-state index in [2.05, 4.69) is 10.2 Å². The molecule has 2 N–H and O–H groups in total. The van der Waals surface area contributed by atoms with E-state index in [0.717, 1.165) is 38.9 Å². The molecular formula is C35H33N3O4. The Kier molecular flexibility index (Phi) is 7.17. The molecule has 0 spiro atoms. The molecule has 5 aromatic rings. The molecule has 2 heterocycles. The van der Waals surface area contributed by atoms with Crippen molar-refractivity contribution in [3.63, 3.8) is 0 Å². The number of fused-ring (bicyclic) bond motifs is 1. The predicted octanol–water partition coefficient (Wildman–Crippen LogP) is 7.04. The Morgan fingerprint density at radius 2 is 1.64 bits per heavy atom. The summed E-state index contributed by atoms with van der Waals surface area (Å²) in [4.78, 5) is 15.8. The smallest absolute Gasteiger partial charge is 0.273 e. The first kappa shape index (κ1) is 27.1. The van der Waals surface area contributed by atoms with Crippen LogP contribution in [-0.4, -0.2) is 33.2 Å². The molecule has 1 aliphatic heterocycles. The van der Waals surface area contributed by atoms with Crippen LogP contribution in [0.25, 0.3) is 11.3 Å². The monoisotopic (exact) mass is 559 g/mol. The normalized spacial score (nSPS) is 14.2. The molecule has 1 atom stereocenters. The number of aromatic amines is 1. The van der Waals surface area contributed by atoms with E-state index in [1.807, 2.05) is 111 Å². The lowest BCUT2D eigenvalue weighted by Gasteiger charge is -2.27. The van der Waals surface area contributed by atoms with Crippen molar-refractivity contribution in [2.24, 2.45) is 0 Å². The number of amides is 1. The number of carbonyl (C=O) groups is 1. The van der Waals surface area contributed by atoms with Crippen LogP contribution in [0, 0.1) is 20.8 Å². The Labute approximate surface area is 245 Å². The number of aromatic nitrogens is 2. The zero-order valence-electron chi connectivity index (χ0n) is 24.1. The van der Waals surface area contributed by atoms with E-state index in [1.54, 1.807) is 7.11 Å². The average molecular weight is 560 g/mol. The minimum absolute atomic E-state index is 0.151. The quantitative estimate of drug-likeness (QED) is 0.213. The zero-order chi connectivity index (χ0) is 29.4. The number of carbonyl (C=O) groups excluding carboxylic acids is 1. The molecule has 1 unspecified atom stereocenters. The molecule has 6 rings (SSSR count). The molecule has 7 heteroatoms. The van der Waals surface area contributed by atoms with Gasteiger partial charge in [0.2, 0.25) is 0 Å². The number of aromatic hydroxyl groups is 1. The minimum atomic E-state index is -0.472. The number of aryl methyl sites for hydroxylation is 3. The van der Waals surface area contributed by atoms with Crippen molar-refractivity contribution < 1.29 is 19.4 Å². The lowest BCUT2D eigenvalue weighted by molar-refractivity contribution is 0.0730. The summed E-state index contributed by atoms with van der Waals surface area (Å²) in [5, 5.41) is 18.6. The molecule has 42 heavy (non-hydrogen) atoms. The largest absolute Gasteiger partial charge is 0.507 e. The molecule has 4 aromatic carbocycles. The van der Waals surface area contributed by atoms with Crippen molar-refractivity contribution in [3.8, 4) is 28.5 Å². The van der Waals surface area contributed by atoms with Crippen LogP contribution in [0.2, 0.25) is 0 Å². The average Bonchev–Trinajstić information content (AvgIpc) is 3.54. The fourth-order valence-corrected chi connectivity index (χ4v) is 5.65. The zero-order valence-corrected chi connectivity index (χ0v) is 24.1. The molecule has 0 fully saturated rings. The van der Waals surface area contributed by atoms with Gasteiger partial charge in [-0.3, -0.25) is 9.89 Å². The molecule has 0 bridgehead atoms. The van der Waals surface area contributed by atoms with Crippen LogP contribution < -0.4 is 9.47 Å². The van der Waals surface area contributed by atoms with Crippen molar-refractivity contribution in [1.29, 1.82) is 0 Å². The van der Waals surface area contributed by atoms with Crippen LogP contribution in [0.5, 0.6) is 17.2 Å². The van der Waals surface area contributed by atoms with Gasteiger partial charge in [-0.25, -0.2) is 0 Å². The number of hydrogen-bond acceptors (Lipinski definition) is 5. The van der Waals surface area contributed by atoms with Crippen LogP contribution in [0.15, 0.2) is 84.9 Å². The Balaban J connectivity index is 1.45. The van der Waals surface area contributed by atoms with Gasteiger partial charge in [0.05, 0.1) is 13.2 Å². The lowest BCUT2D eigenvalue weighted by Crippen LogP contribution is -2.29. The summed E-state index contributed by atoms with van der Waals surface area (Å²) in [5.74, 6) is 1.18. The van der Waals surface area contributed by atoms with Crippen LogP contribution >= 0.6 is 0 Å². The standard InChI is InChI=1S/C35H33N3O4/c1-21-10-12-24(13-11-21)19-38-33(26-14-15-28(29(18-26)41-4)42-20-25-8-6-5-7-9-25)30-31(36-37-32(30)35(38)40)27-17-22(2)16-23(3)34(27)39/h5-18,33,39H,19-20H2,1-4H3,(H,36,37). The molecule has 7 nitrogen and oxygen atoms in total. The van der Waals surface area contributed by atoms with Gasteiger partial charge in [-0.2, -0.15) is 5.10 Å². The third-order valence-electron chi connectivity index (χ3n) is 7.78. The van der Waals surface area contributed by atoms with Gasteiger partial charge in [0.15, 0.2) is 11.5 Å². The first-order valence-corrected chi connectivity index (χ1v) is 13.9. The summed E-state index contributed by atoms with van der Waals surface area (Å²) in [6.07, 6.45) is 0. The van der Waals surface area contributed by atoms with Crippen LogP contribution in [0.1, 0.15) is 55.5 Å². The third-order valence-corrected chi connectivity index (χ3v) is 7.78. The number of rotatable bonds is 8. The molecule has 1 aliphatic rings. The first-order chi connectivity index (χ1) is 20.3. The van der Waals surface area contributed by atoms with E-state index >= 15 is 0 Å². The Bertz CT molecular complexity index is 1760. The van der Waals surface area contributed by atoms with Crippen LogP contribution in [0.3, 0.4) is 0 Å². The van der Waals surface area contributed by atoms with Gasteiger partial charge >= 0.3 is 0 Å². The van der Waals surface area contributed by atoms with E-state index < -0.39 is 6.04 Å². The maximum Gasteiger partial charge on any atom is 0.273 e. The predicted molar refractivity (Wildman–Crippen MR) is 162 cm³/mol. The van der Waals surface area contributed by atoms with Gasteiger partial charge in [-0.15, -0.1) is 0 Å². The number of methoxy groups -OCH3 is 1. The fraction of sp³-hybridized carbons (Fsp3) is 0.200. The number of phenols is 1. The van der Waals surface area contributed by atoms with Crippen molar-refractivity contribution in [1.82, 2.24) is 15.1 Å². The second kappa shape index (κ2) is 11.1. The van der Waals surface area contributed by atoms with Crippen LogP contribution in [-0.2, 0) is 13.2 Å². The molecule has 0 saturated carbocycles. The highest BCUT2D eigenvalue weighted by atomic mass is 16.5. The van der Waals surface area contributed by atoms with Gasteiger partial charge in [-0.05, 0) is 66.8 Å². The van der Waals surface area contributed by atoms with Gasteiger partial charge in [0.25, 0.3) is 5.91 Å². The Morgan fingerprint density at radius 3 is 2.38 bits per heavy atom. The summed E-state index contributed by atoms with van der Waals surface area (Å²) < 4.78 is 11.9. The van der Waals surface area contributed by atoms with Gasteiger partial charge in [0, 0.05) is 17.7 Å². The van der Waals surface area contributed by atoms with Crippen molar-refractivity contribution in [2.75, 3.05) is 7.11 Å². The third kappa shape index (κ3) is 4.98. The Morgan fingerprint density at radius 1 is 0.881 bits per heavy atom. The molecule has 1 aromatic heterocycles. The summed E-state index contributed by atoms with van der Waals surface area (Å²) in [6, 6.07) is 27.3. The summed E-state index contributed by atoms with van der Waals surface area (Å²) in [7, 11) is 1.61. The number of hydrogen-bond donors (Lipinski definition) is 2. The number of H-pyrrole nitrogens is 1. The van der Waals surface area contributed by atoms with E-state index in [0.29, 0.717) is 41.6 Å². The number of phenolic OH excluding ortho intramolecular Hbond substituents is 1. The second-order valence-corrected chi connectivity index (χ2v) is 10.8. The van der Waals surface area contributed by atoms with E-state index in [1.165, 1.54) is 0 Å². The lowest BCUT2D eigenvalue weighted by atomic mass is 9.93. The molecule has 0 saturated heterocycles. The van der Waals surface area contributed by atoms with Crippen LogP contribution in [0.4, 0.5) is 0 Å². The first-order valence-electron chi connectivity index (χ1n) is 13.9. The molecule has 1 amide bonds. The van der Waals surface area contributed by atoms with Crippen molar-refractivity contribution >= 4 is 5.91 Å². The number of ether oxygens (including phenoxy) is 2. The highest BCUT2D eigenvalue weighted by molar-refractivity contribution is 6.00.